The lowest BCUT2D eigenvalue weighted by Gasteiger charge is -2.14. The number of carbonyl (C=O) groups is 3. The monoisotopic (exact) mass is 404 g/mol. The molecule has 2 unspecified atom stereocenters. The average Bonchev–Trinajstić information content (AvgIpc) is 3.07. The molecule has 0 aromatic heterocycles. The number of rotatable bonds is 7. The maximum absolute atomic E-state index is 11.6. The van der Waals surface area contributed by atoms with Crippen LogP contribution in [-0.2, 0) is 16.0 Å². The summed E-state index contributed by atoms with van der Waals surface area (Å²) in [6.07, 6.45) is 7.24. The third-order valence-corrected chi connectivity index (χ3v) is 3.90. The first kappa shape index (κ1) is 23.7. The van der Waals surface area contributed by atoms with Crippen LogP contribution in [0.2, 0.25) is 0 Å². The van der Waals surface area contributed by atoms with Crippen molar-refractivity contribution < 1.29 is 34.4 Å². The lowest BCUT2D eigenvalue weighted by atomic mass is 10.1. The van der Waals surface area contributed by atoms with Crippen molar-refractivity contribution in [2.24, 2.45) is 0 Å². The van der Waals surface area contributed by atoms with Crippen molar-refractivity contribution in [3.05, 3.63) is 41.5 Å². The van der Waals surface area contributed by atoms with E-state index >= 15 is 0 Å². The fraction of sp³-hybridized carbons (Fsp3) is 0.350. The Morgan fingerprint density at radius 3 is 2.52 bits per heavy atom. The summed E-state index contributed by atoms with van der Waals surface area (Å²) in [6.45, 7) is 2.28. The van der Waals surface area contributed by atoms with E-state index < -0.39 is 24.3 Å². The number of aliphatic carboxylic acids is 2. The van der Waals surface area contributed by atoms with Crippen LogP contribution >= 0.6 is 0 Å². The predicted molar refractivity (Wildman–Crippen MR) is 104 cm³/mol. The SMILES string of the molecule is C#CCNC1CCc2ccc(OC(=O)NC(O)CC)cc21.O=C(O)/C=C/C(=O)O. The van der Waals surface area contributed by atoms with Gasteiger partial charge in [-0.2, -0.15) is 0 Å². The number of terminal acetylenes is 1. The summed E-state index contributed by atoms with van der Waals surface area (Å²) in [4.78, 5) is 30.7. The van der Waals surface area contributed by atoms with Gasteiger partial charge in [0.05, 0.1) is 6.54 Å². The number of aliphatic hydroxyl groups is 1. The zero-order chi connectivity index (χ0) is 21.8. The fourth-order valence-corrected chi connectivity index (χ4v) is 2.56. The van der Waals surface area contributed by atoms with Gasteiger partial charge in [-0.3, -0.25) is 10.6 Å². The maximum Gasteiger partial charge on any atom is 0.414 e. The van der Waals surface area contributed by atoms with E-state index in [2.05, 4.69) is 16.6 Å². The van der Waals surface area contributed by atoms with Crippen molar-refractivity contribution in [3.8, 4) is 18.1 Å². The number of benzene rings is 1. The number of nitrogens with one attached hydrogen (secondary N) is 2. The largest absolute Gasteiger partial charge is 0.478 e. The van der Waals surface area contributed by atoms with Crippen molar-refractivity contribution in [1.29, 1.82) is 0 Å². The van der Waals surface area contributed by atoms with Gasteiger partial charge in [0.2, 0.25) is 0 Å². The first-order valence-corrected chi connectivity index (χ1v) is 8.86. The van der Waals surface area contributed by atoms with Crippen LogP contribution in [0.3, 0.4) is 0 Å². The molecule has 0 saturated carbocycles. The molecule has 2 atom stereocenters. The van der Waals surface area contributed by atoms with Gasteiger partial charge in [0, 0.05) is 18.2 Å². The summed E-state index contributed by atoms with van der Waals surface area (Å²) in [7, 11) is 0. The summed E-state index contributed by atoms with van der Waals surface area (Å²) < 4.78 is 5.19. The van der Waals surface area contributed by atoms with Crippen LogP contribution in [-0.4, -0.2) is 46.1 Å². The molecule has 29 heavy (non-hydrogen) atoms. The van der Waals surface area contributed by atoms with Crippen LogP contribution < -0.4 is 15.4 Å². The normalized spacial score (nSPS) is 15.4. The smallest absolute Gasteiger partial charge is 0.414 e. The van der Waals surface area contributed by atoms with Crippen molar-refractivity contribution in [1.82, 2.24) is 10.6 Å². The van der Waals surface area contributed by atoms with E-state index in [0.29, 0.717) is 30.9 Å². The molecular weight excluding hydrogens is 380 g/mol. The molecule has 1 aliphatic carbocycles. The number of carboxylic acid groups (broad SMARTS) is 2. The summed E-state index contributed by atoms with van der Waals surface area (Å²) in [5.41, 5.74) is 2.36. The van der Waals surface area contributed by atoms with Crippen LogP contribution in [0.1, 0.15) is 36.9 Å². The molecule has 0 saturated heterocycles. The molecule has 2 rings (SSSR count). The molecule has 1 aliphatic rings. The Morgan fingerprint density at radius 1 is 1.31 bits per heavy atom. The standard InChI is InChI=1S/C16H20N2O3.C4H4O4/c1-3-9-17-14-8-6-11-5-7-12(10-13(11)14)21-16(20)18-15(19)4-2;5-3(6)1-2-4(7)8/h1,5,7,10,14-15,17,19H,4,6,8-9H2,2H3,(H,18,20);1-2H,(H,5,6)(H,7,8)/b;2-1+. The number of aliphatic hydroxyl groups excluding tert-OH is 1. The quantitative estimate of drug-likeness (QED) is 0.261. The van der Waals surface area contributed by atoms with Gasteiger partial charge >= 0.3 is 18.0 Å². The third kappa shape index (κ3) is 8.92. The number of amides is 1. The third-order valence-electron chi connectivity index (χ3n) is 3.90. The summed E-state index contributed by atoms with van der Waals surface area (Å²) >= 11 is 0. The number of hydrogen-bond acceptors (Lipinski definition) is 6. The number of ether oxygens (including phenoxy) is 1. The van der Waals surface area contributed by atoms with E-state index in [1.807, 2.05) is 12.1 Å². The highest BCUT2D eigenvalue weighted by atomic mass is 16.6. The van der Waals surface area contributed by atoms with Crippen molar-refractivity contribution in [2.75, 3.05) is 6.54 Å². The van der Waals surface area contributed by atoms with Crippen LogP contribution in [0.25, 0.3) is 0 Å². The van der Waals surface area contributed by atoms with E-state index in [1.165, 1.54) is 5.56 Å². The second-order valence-electron chi connectivity index (χ2n) is 6.00. The van der Waals surface area contributed by atoms with Crippen molar-refractivity contribution in [2.45, 2.75) is 38.5 Å². The molecule has 5 N–H and O–H groups in total. The highest BCUT2D eigenvalue weighted by Crippen LogP contribution is 2.33. The lowest BCUT2D eigenvalue weighted by molar-refractivity contribution is -0.134. The van der Waals surface area contributed by atoms with Crippen LogP contribution in [0.5, 0.6) is 5.75 Å². The zero-order valence-electron chi connectivity index (χ0n) is 15.9. The van der Waals surface area contributed by atoms with Crippen LogP contribution in [0.15, 0.2) is 30.4 Å². The second-order valence-corrected chi connectivity index (χ2v) is 6.00. The number of hydrogen-bond donors (Lipinski definition) is 5. The fourth-order valence-electron chi connectivity index (χ4n) is 2.56. The first-order chi connectivity index (χ1) is 13.8. The summed E-state index contributed by atoms with van der Waals surface area (Å²) in [6, 6.07) is 5.78. The molecule has 1 aromatic carbocycles. The van der Waals surface area contributed by atoms with E-state index in [-0.39, 0.29) is 6.04 Å². The molecule has 0 fully saturated rings. The molecular formula is C20H24N2O7. The highest BCUT2D eigenvalue weighted by molar-refractivity contribution is 5.89. The number of carbonyl (C=O) groups excluding carboxylic acids is 1. The van der Waals surface area contributed by atoms with Gasteiger partial charge in [0.25, 0.3) is 0 Å². The van der Waals surface area contributed by atoms with Gasteiger partial charge in [-0.1, -0.05) is 18.9 Å². The Kier molecular flexibility index (Phi) is 9.95. The number of fused-ring (bicyclic) bond motifs is 1. The predicted octanol–water partition coefficient (Wildman–Crippen LogP) is 1.43. The molecule has 0 heterocycles. The minimum absolute atomic E-state index is 0.198. The zero-order valence-corrected chi connectivity index (χ0v) is 15.9. The van der Waals surface area contributed by atoms with Gasteiger partial charge < -0.3 is 20.1 Å². The van der Waals surface area contributed by atoms with Gasteiger partial charge in [0.15, 0.2) is 0 Å². The Hall–Kier alpha value is -3.35. The summed E-state index contributed by atoms with van der Waals surface area (Å²) in [5.74, 6) is 0.514. The van der Waals surface area contributed by atoms with Gasteiger partial charge in [-0.25, -0.2) is 14.4 Å². The van der Waals surface area contributed by atoms with Crippen molar-refractivity contribution >= 4 is 18.0 Å². The maximum atomic E-state index is 11.6. The molecule has 0 spiro atoms. The second kappa shape index (κ2) is 12.2. The Morgan fingerprint density at radius 2 is 1.97 bits per heavy atom. The number of carboxylic acids is 2. The van der Waals surface area contributed by atoms with E-state index in [9.17, 15) is 19.5 Å². The van der Waals surface area contributed by atoms with E-state index in [0.717, 1.165) is 18.4 Å². The molecule has 1 aromatic rings. The minimum Gasteiger partial charge on any atom is -0.478 e. The molecule has 1 amide bonds. The summed E-state index contributed by atoms with van der Waals surface area (Å²) in [5, 5.41) is 30.6. The topological polar surface area (TPSA) is 145 Å². The molecule has 0 bridgehead atoms. The first-order valence-electron chi connectivity index (χ1n) is 8.86. The molecule has 0 aliphatic heterocycles. The van der Waals surface area contributed by atoms with Crippen LogP contribution in [0, 0.1) is 12.3 Å². The molecule has 9 nitrogen and oxygen atoms in total. The molecule has 0 radical (unpaired) electrons. The lowest BCUT2D eigenvalue weighted by Crippen LogP contribution is -2.36. The van der Waals surface area contributed by atoms with E-state index in [1.54, 1.807) is 13.0 Å². The van der Waals surface area contributed by atoms with Gasteiger partial charge in [-0.15, -0.1) is 6.42 Å². The Labute approximate surface area is 168 Å². The van der Waals surface area contributed by atoms with Crippen LogP contribution in [0.4, 0.5) is 4.79 Å². The molecule has 156 valence electrons. The highest BCUT2D eigenvalue weighted by Gasteiger charge is 2.22. The van der Waals surface area contributed by atoms with Crippen molar-refractivity contribution in [3.63, 3.8) is 0 Å². The van der Waals surface area contributed by atoms with E-state index in [4.69, 9.17) is 21.4 Å². The Balaban J connectivity index is 0.000000447. The average molecular weight is 404 g/mol. The Bertz CT molecular complexity index is 783. The number of aryl methyl sites for hydroxylation is 1. The van der Waals surface area contributed by atoms with Gasteiger partial charge in [-0.05, 0) is 42.5 Å². The minimum atomic E-state index is -1.26. The molecule has 9 heteroatoms. The van der Waals surface area contributed by atoms with Gasteiger partial charge in [0.1, 0.15) is 12.0 Å².